The maximum atomic E-state index is 12.4. The van der Waals surface area contributed by atoms with E-state index >= 15 is 0 Å². The number of rotatable bonds is 8. The minimum Gasteiger partial charge on any atom is -0.493 e. The molecule has 0 bridgehead atoms. The van der Waals surface area contributed by atoms with Crippen molar-refractivity contribution in [2.75, 3.05) is 40.9 Å². The SMILES string of the molecule is COc1ccc(S(=O)(=O)NCCC(=O)N(C)C2CCNC2)cc1OC.Cl. The van der Waals surface area contributed by atoms with Crippen molar-refractivity contribution in [2.45, 2.75) is 23.8 Å². The highest BCUT2D eigenvalue weighted by Crippen LogP contribution is 2.29. The molecule has 0 aliphatic carbocycles. The van der Waals surface area contributed by atoms with E-state index in [1.165, 1.54) is 32.4 Å². The zero-order valence-corrected chi connectivity index (χ0v) is 16.8. The molecule has 1 fully saturated rings. The Morgan fingerprint density at radius 1 is 1.31 bits per heavy atom. The first kappa shape index (κ1) is 22.5. The summed E-state index contributed by atoms with van der Waals surface area (Å²) in [5.74, 6) is 0.696. The van der Waals surface area contributed by atoms with Gasteiger partial charge >= 0.3 is 0 Å². The molecule has 1 aliphatic heterocycles. The van der Waals surface area contributed by atoms with Crippen molar-refractivity contribution in [3.8, 4) is 11.5 Å². The van der Waals surface area contributed by atoms with E-state index in [0.29, 0.717) is 11.5 Å². The largest absolute Gasteiger partial charge is 0.493 e. The summed E-state index contributed by atoms with van der Waals surface area (Å²) in [6.07, 6.45) is 1.03. The lowest BCUT2D eigenvalue weighted by molar-refractivity contribution is -0.131. The Labute approximate surface area is 160 Å². The number of carbonyl (C=O) groups excluding carboxylic acids is 1. The monoisotopic (exact) mass is 407 g/mol. The number of ether oxygens (including phenoxy) is 2. The molecule has 1 amide bonds. The Bertz CT molecular complexity index is 708. The Hall–Kier alpha value is -1.55. The van der Waals surface area contributed by atoms with E-state index < -0.39 is 10.0 Å². The van der Waals surface area contributed by atoms with Crippen LogP contribution in [-0.4, -0.2) is 66.2 Å². The summed E-state index contributed by atoms with van der Waals surface area (Å²) in [7, 11) is 0.943. The molecule has 1 unspecified atom stereocenters. The maximum absolute atomic E-state index is 12.4. The third kappa shape index (κ3) is 5.47. The fourth-order valence-corrected chi connectivity index (χ4v) is 3.76. The summed E-state index contributed by atoms with van der Waals surface area (Å²) in [6.45, 7) is 1.72. The van der Waals surface area contributed by atoms with Crippen LogP contribution in [0.3, 0.4) is 0 Å². The number of likely N-dealkylation sites (N-methyl/N-ethyl adjacent to an activating group) is 1. The molecule has 148 valence electrons. The van der Waals surface area contributed by atoms with Crippen LogP contribution < -0.4 is 19.5 Å². The van der Waals surface area contributed by atoms with Crippen LogP contribution in [0.4, 0.5) is 0 Å². The summed E-state index contributed by atoms with van der Waals surface area (Å²) in [5, 5.41) is 3.20. The first-order chi connectivity index (χ1) is 11.9. The lowest BCUT2D eigenvalue weighted by atomic mass is 10.2. The zero-order valence-electron chi connectivity index (χ0n) is 15.1. The van der Waals surface area contributed by atoms with Gasteiger partial charge in [0.25, 0.3) is 0 Å². The number of nitrogens with zero attached hydrogens (tertiary/aromatic N) is 1. The van der Waals surface area contributed by atoms with Gasteiger partial charge in [-0.15, -0.1) is 12.4 Å². The van der Waals surface area contributed by atoms with Crippen LogP contribution in [0.1, 0.15) is 12.8 Å². The molecule has 1 aromatic rings. The van der Waals surface area contributed by atoms with Crippen molar-refractivity contribution >= 4 is 28.3 Å². The number of methoxy groups -OCH3 is 2. The minimum atomic E-state index is -3.73. The standard InChI is InChI=1S/C16H25N3O5S.ClH/c1-19(12-6-8-17-11-12)16(20)7-9-18-25(21,22)13-4-5-14(23-2)15(10-13)24-3;/h4-5,10,12,17-18H,6-9,11H2,1-3H3;1H. The Morgan fingerprint density at radius 2 is 2.00 bits per heavy atom. The highest BCUT2D eigenvalue weighted by Gasteiger charge is 2.23. The molecule has 1 aromatic carbocycles. The quantitative estimate of drug-likeness (QED) is 0.655. The fraction of sp³-hybridized carbons (Fsp3) is 0.562. The summed E-state index contributed by atoms with van der Waals surface area (Å²) < 4.78 is 37.4. The Morgan fingerprint density at radius 3 is 2.58 bits per heavy atom. The van der Waals surface area contributed by atoms with E-state index in [2.05, 4.69) is 10.0 Å². The fourth-order valence-electron chi connectivity index (χ4n) is 2.71. The highest BCUT2D eigenvalue weighted by atomic mass is 35.5. The van der Waals surface area contributed by atoms with Crippen LogP contribution in [0.5, 0.6) is 11.5 Å². The third-order valence-corrected chi connectivity index (χ3v) is 5.73. The first-order valence-corrected chi connectivity index (χ1v) is 9.55. The van der Waals surface area contributed by atoms with Gasteiger partial charge in [0.1, 0.15) is 0 Å². The number of halogens is 1. The van der Waals surface area contributed by atoms with Crippen LogP contribution >= 0.6 is 12.4 Å². The van der Waals surface area contributed by atoms with E-state index in [-0.39, 0.29) is 42.2 Å². The maximum Gasteiger partial charge on any atom is 0.240 e. The number of carbonyl (C=O) groups is 1. The van der Waals surface area contributed by atoms with Gasteiger partial charge in [-0.1, -0.05) is 0 Å². The molecule has 26 heavy (non-hydrogen) atoms. The lowest BCUT2D eigenvalue weighted by Crippen LogP contribution is -2.40. The van der Waals surface area contributed by atoms with Gasteiger partial charge in [0.15, 0.2) is 11.5 Å². The van der Waals surface area contributed by atoms with Crippen molar-refractivity contribution in [1.29, 1.82) is 0 Å². The molecule has 10 heteroatoms. The van der Waals surface area contributed by atoms with Crippen molar-refractivity contribution in [3.05, 3.63) is 18.2 Å². The molecular formula is C16H26ClN3O5S. The molecule has 1 aliphatic rings. The van der Waals surface area contributed by atoms with E-state index in [0.717, 1.165) is 19.5 Å². The topological polar surface area (TPSA) is 97.0 Å². The number of hydrogen-bond donors (Lipinski definition) is 2. The predicted molar refractivity (Wildman–Crippen MR) is 101 cm³/mol. The molecule has 1 saturated heterocycles. The summed E-state index contributed by atoms with van der Waals surface area (Å²) in [5.41, 5.74) is 0. The molecule has 0 aromatic heterocycles. The van der Waals surface area contributed by atoms with Gasteiger partial charge in [0, 0.05) is 38.7 Å². The van der Waals surface area contributed by atoms with Gasteiger partial charge < -0.3 is 19.7 Å². The Kier molecular flexibility index (Phi) is 8.61. The smallest absolute Gasteiger partial charge is 0.240 e. The molecule has 1 heterocycles. The van der Waals surface area contributed by atoms with Gasteiger partial charge in [0.05, 0.1) is 19.1 Å². The van der Waals surface area contributed by atoms with E-state index in [1.807, 2.05) is 0 Å². The number of nitrogens with one attached hydrogen (secondary N) is 2. The van der Waals surface area contributed by atoms with Crippen molar-refractivity contribution < 1.29 is 22.7 Å². The van der Waals surface area contributed by atoms with Crippen LogP contribution in [0.25, 0.3) is 0 Å². The summed E-state index contributed by atoms with van der Waals surface area (Å²) >= 11 is 0. The van der Waals surface area contributed by atoms with Crippen molar-refractivity contribution in [1.82, 2.24) is 14.9 Å². The number of sulfonamides is 1. The third-order valence-electron chi connectivity index (χ3n) is 4.27. The second-order valence-corrected chi connectivity index (χ2v) is 7.58. The van der Waals surface area contributed by atoms with Crippen molar-refractivity contribution in [2.24, 2.45) is 0 Å². The Balaban J connectivity index is 0.00000338. The second kappa shape index (κ2) is 9.96. The van der Waals surface area contributed by atoms with E-state index in [4.69, 9.17) is 9.47 Å². The molecular weight excluding hydrogens is 382 g/mol. The van der Waals surface area contributed by atoms with E-state index in [9.17, 15) is 13.2 Å². The van der Waals surface area contributed by atoms with Crippen molar-refractivity contribution in [3.63, 3.8) is 0 Å². The molecule has 2 rings (SSSR count). The first-order valence-electron chi connectivity index (χ1n) is 8.07. The van der Waals surface area contributed by atoms with Gasteiger partial charge in [-0.05, 0) is 25.1 Å². The van der Waals surface area contributed by atoms with Crippen LogP contribution in [-0.2, 0) is 14.8 Å². The highest BCUT2D eigenvalue weighted by molar-refractivity contribution is 7.89. The average Bonchev–Trinajstić information content (AvgIpc) is 3.14. The normalized spacial score (nSPS) is 16.7. The van der Waals surface area contributed by atoms with Crippen LogP contribution in [0, 0.1) is 0 Å². The van der Waals surface area contributed by atoms with Gasteiger partial charge in [-0.3, -0.25) is 4.79 Å². The lowest BCUT2D eigenvalue weighted by Gasteiger charge is -2.23. The summed E-state index contributed by atoms with van der Waals surface area (Å²) in [6, 6.07) is 4.52. The second-order valence-electron chi connectivity index (χ2n) is 5.82. The molecule has 0 spiro atoms. The van der Waals surface area contributed by atoms with Crippen LogP contribution in [0.15, 0.2) is 23.1 Å². The van der Waals surface area contributed by atoms with Crippen LogP contribution in [0.2, 0.25) is 0 Å². The van der Waals surface area contributed by atoms with E-state index in [1.54, 1.807) is 11.9 Å². The molecule has 0 saturated carbocycles. The van der Waals surface area contributed by atoms with Gasteiger partial charge in [-0.25, -0.2) is 13.1 Å². The van der Waals surface area contributed by atoms with Gasteiger partial charge in [-0.2, -0.15) is 0 Å². The summed E-state index contributed by atoms with van der Waals surface area (Å²) in [4.78, 5) is 13.9. The number of hydrogen-bond acceptors (Lipinski definition) is 6. The number of amides is 1. The van der Waals surface area contributed by atoms with Gasteiger partial charge in [0.2, 0.25) is 15.9 Å². The molecule has 1 atom stereocenters. The predicted octanol–water partition coefficient (Wildman–Crippen LogP) is 0.614. The molecule has 8 nitrogen and oxygen atoms in total. The number of benzene rings is 1. The minimum absolute atomic E-state index is 0. The molecule has 2 N–H and O–H groups in total. The zero-order chi connectivity index (χ0) is 18.4. The average molecular weight is 408 g/mol. The molecule has 0 radical (unpaired) electrons.